The molecule has 0 radical (unpaired) electrons. The Hall–Kier alpha value is -2.90. The van der Waals surface area contributed by atoms with Crippen LogP contribution in [0.2, 0.25) is 0 Å². The minimum atomic E-state index is -1.01. The largest absolute Gasteiger partial charge is 0.353 e. The fraction of sp³-hybridized carbons (Fsp3) is 0.294. The Kier molecular flexibility index (Phi) is 4.97. The molecule has 0 aliphatic carbocycles. The molecule has 6 nitrogen and oxygen atoms in total. The summed E-state index contributed by atoms with van der Waals surface area (Å²) in [6.45, 7) is 1.71. The van der Waals surface area contributed by atoms with E-state index in [4.69, 9.17) is 0 Å². The van der Waals surface area contributed by atoms with Gasteiger partial charge in [-0.2, -0.15) is 0 Å². The van der Waals surface area contributed by atoms with Crippen LogP contribution in [0.25, 0.3) is 0 Å². The van der Waals surface area contributed by atoms with E-state index in [1.807, 2.05) is 29.1 Å². The van der Waals surface area contributed by atoms with E-state index in [1.54, 1.807) is 0 Å². The van der Waals surface area contributed by atoms with Crippen LogP contribution in [0.1, 0.15) is 0 Å². The SMILES string of the molecule is O=C(CN1CCN(c2ccc(F)c(F)c2)C1=O)NCCn1cccc1. The molecule has 1 saturated heterocycles. The lowest BCUT2D eigenvalue weighted by Crippen LogP contribution is -2.40. The number of rotatable bonds is 6. The number of nitrogens with one attached hydrogen (secondary N) is 1. The summed E-state index contributed by atoms with van der Waals surface area (Å²) in [5.74, 6) is -2.23. The maximum atomic E-state index is 13.3. The maximum Gasteiger partial charge on any atom is 0.325 e. The van der Waals surface area contributed by atoms with Crippen molar-refractivity contribution in [3.63, 3.8) is 0 Å². The third-order valence-electron chi connectivity index (χ3n) is 4.00. The molecule has 3 rings (SSSR count). The highest BCUT2D eigenvalue weighted by atomic mass is 19.2. The second kappa shape index (κ2) is 7.33. The van der Waals surface area contributed by atoms with Crippen LogP contribution in [-0.2, 0) is 11.3 Å². The predicted molar refractivity (Wildman–Crippen MR) is 88.1 cm³/mol. The predicted octanol–water partition coefficient (Wildman–Crippen LogP) is 1.82. The molecule has 0 atom stereocenters. The molecule has 1 aromatic carbocycles. The van der Waals surface area contributed by atoms with Gasteiger partial charge in [0.05, 0.1) is 0 Å². The first-order chi connectivity index (χ1) is 12.0. The summed E-state index contributed by atoms with van der Waals surface area (Å²) < 4.78 is 28.3. The molecular formula is C17H18F2N4O2. The molecule has 1 aliphatic rings. The quantitative estimate of drug-likeness (QED) is 0.866. The average Bonchev–Trinajstić information content (AvgIpc) is 3.21. The highest BCUT2D eigenvalue weighted by Gasteiger charge is 2.31. The van der Waals surface area contributed by atoms with Crippen molar-refractivity contribution in [3.05, 3.63) is 54.4 Å². The Morgan fingerprint density at radius 1 is 1.12 bits per heavy atom. The van der Waals surface area contributed by atoms with Gasteiger partial charge in [0, 0.05) is 50.3 Å². The number of nitrogens with zero attached hydrogens (tertiary/aromatic N) is 3. The van der Waals surface area contributed by atoms with E-state index in [1.165, 1.54) is 15.9 Å². The molecule has 25 heavy (non-hydrogen) atoms. The van der Waals surface area contributed by atoms with E-state index in [0.717, 1.165) is 12.1 Å². The van der Waals surface area contributed by atoms with Gasteiger partial charge in [-0.3, -0.25) is 9.69 Å². The lowest BCUT2D eigenvalue weighted by atomic mass is 10.3. The van der Waals surface area contributed by atoms with Crippen LogP contribution in [0.15, 0.2) is 42.7 Å². The Morgan fingerprint density at radius 3 is 2.60 bits per heavy atom. The Bertz CT molecular complexity index is 764. The summed E-state index contributed by atoms with van der Waals surface area (Å²) in [5, 5.41) is 2.76. The maximum absolute atomic E-state index is 13.3. The van der Waals surface area contributed by atoms with Gasteiger partial charge >= 0.3 is 6.03 Å². The Morgan fingerprint density at radius 2 is 1.88 bits per heavy atom. The number of amides is 3. The van der Waals surface area contributed by atoms with Gasteiger partial charge in [0.2, 0.25) is 5.91 Å². The molecule has 0 bridgehead atoms. The molecular weight excluding hydrogens is 330 g/mol. The molecule has 2 aromatic rings. The van der Waals surface area contributed by atoms with E-state index >= 15 is 0 Å². The average molecular weight is 348 g/mol. The zero-order valence-electron chi connectivity index (χ0n) is 13.5. The number of carbonyl (C=O) groups is 2. The van der Waals surface area contributed by atoms with Crippen molar-refractivity contribution in [2.75, 3.05) is 31.1 Å². The fourth-order valence-corrected chi connectivity index (χ4v) is 2.69. The van der Waals surface area contributed by atoms with Gasteiger partial charge in [-0.15, -0.1) is 0 Å². The fourth-order valence-electron chi connectivity index (χ4n) is 2.69. The van der Waals surface area contributed by atoms with Crippen molar-refractivity contribution in [2.45, 2.75) is 6.54 Å². The molecule has 1 aromatic heterocycles. The summed E-state index contributed by atoms with van der Waals surface area (Å²) in [6.07, 6.45) is 3.80. The highest BCUT2D eigenvalue weighted by molar-refractivity contribution is 5.96. The number of urea groups is 1. The van der Waals surface area contributed by atoms with Gasteiger partial charge in [-0.05, 0) is 24.3 Å². The van der Waals surface area contributed by atoms with Crippen molar-refractivity contribution in [2.24, 2.45) is 0 Å². The van der Waals surface area contributed by atoms with Gasteiger partial charge in [-0.25, -0.2) is 13.6 Å². The Labute approximate surface area is 143 Å². The molecule has 132 valence electrons. The summed E-state index contributed by atoms with van der Waals surface area (Å²) in [4.78, 5) is 27.0. The summed E-state index contributed by atoms with van der Waals surface area (Å²) in [5.41, 5.74) is 0.277. The van der Waals surface area contributed by atoms with Crippen LogP contribution in [0.3, 0.4) is 0 Å². The number of aromatic nitrogens is 1. The first-order valence-corrected chi connectivity index (χ1v) is 7.93. The number of benzene rings is 1. The normalized spacial score (nSPS) is 14.2. The van der Waals surface area contributed by atoms with Crippen LogP contribution >= 0.6 is 0 Å². The summed E-state index contributed by atoms with van der Waals surface area (Å²) in [6, 6.07) is 6.71. The van der Waals surface area contributed by atoms with E-state index in [2.05, 4.69) is 5.32 Å². The van der Waals surface area contributed by atoms with Crippen LogP contribution in [0, 0.1) is 11.6 Å². The standard InChI is InChI=1S/C17H18F2N4O2/c18-14-4-3-13(11-15(14)19)23-10-9-22(17(23)25)12-16(24)20-5-8-21-6-1-2-7-21/h1-4,6-7,11H,5,8-10,12H2,(H,20,24). The third kappa shape index (κ3) is 3.96. The monoisotopic (exact) mass is 348 g/mol. The minimum absolute atomic E-state index is 0.0648. The number of anilines is 1. The van der Waals surface area contributed by atoms with E-state index < -0.39 is 17.7 Å². The van der Waals surface area contributed by atoms with Gasteiger partial charge in [-0.1, -0.05) is 0 Å². The molecule has 1 fully saturated rings. The van der Waals surface area contributed by atoms with Crippen molar-refractivity contribution in [1.29, 1.82) is 0 Å². The van der Waals surface area contributed by atoms with Crippen molar-refractivity contribution in [1.82, 2.24) is 14.8 Å². The molecule has 3 amide bonds. The van der Waals surface area contributed by atoms with Crippen LogP contribution in [0.5, 0.6) is 0 Å². The van der Waals surface area contributed by atoms with E-state index in [-0.39, 0.29) is 18.1 Å². The first kappa shape index (κ1) is 16.9. The van der Waals surface area contributed by atoms with Crippen LogP contribution in [-0.4, -0.2) is 47.6 Å². The Balaban J connectivity index is 1.51. The zero-order chi connectivity index (χ0) is 17.8. The van der Waals surface area contributed by atoms with Gasteiger partial charge in [0.25, 0.3) is 0 Å². The third-order valence-corrected chi connectivity index (χ3v) is 4.00. The second-order valence-electron chi connectivity index (χ2n) is 5.73. The number of carbonyl (C=O) groups excluding carboxylic acids is 2. The second-order valence-corrected chi connectivity index (χ2v) is 5.73. The topological polar surface area (TPSA) is 57.6 Å². The van der Waals surface area contributed by atoms with Gasteiger partial charge in [0.1, 0.15) is 6.54 Å². The van der Waals surface area contributed by atoms with Crippen molar-refractivity contribution in [3.8, 4) is 0 Å². The van der Waals surface area contributed by atoms with Gasteiger partial charge in [0.15, 0.2) is 11.6 Å². The van der Waals surface area contributed by atoms with Gasteiger partial charge < -0.3 is 14.8 Å². The van der Waals surface area contributed by atoms with E-state index in [0.29, 0.717) is 26.2 Å². The minimum Gasteiger partial charge on any atom is -0.353 e. The molecule has 8 heteroatoms. The zero-order valence-corrected chi connectivity index (χ0v) is 13.5. The van der Waals surface area contributed by atoms with Crippen LogP contribution in [0.4, 0.5) is 19.3 Å². The summed E-state index contributed by atoms with van der Waals surface area (Å²) >= 11 is 0. The molecule has 0 spiro atoms. The molecule has 0 unspecified atom stereocenters. The molecule has 0 saturated carbocycles. The smallest absolute Gasteiger partial charge is 0.325 e. The van der Waals surface area contributed by atoms with Crippen LogP contribution < -0.4 is 10.2 Å². The van der Waals surface area contributed by atoms with E-state index in [9.17, 15) is 18.4 Å². The number of hydrogen-bond acceptors (Lipinski definition) is 2. The molecule has 2 heterocycles. The summed E-state index contributed by atoms with van der Waals surface area (Å²) in [7, 11) is 0. The molecule has 1 aliphatic heterocycles. The van der Waals surface area contributed by atoms with Crippen molar-refractivity contribution >= 4 is 17.6 Å². The lowest BCUT2D eigenvalue weighted by molar-refractivity contribution is -0.121. The van der Waals surface area contributed by atoms with Crippen molar-refractivity contribution < 1.29 is 18.4 Å². The molecule has 1 N–H and O–H groups in total. The highest BCUT2D eigenvalue weighted by Crippen LogP contribution is 2.22. The first-order valence-electron chi connectivity index (χ1n) is 7.93. The number of halogens is 2. The lowest BCUT2D eigenvalue weighted by Gasteiger charge is -2.18. The number of hydrogen-bond donors (Lipinski definition) is 1.